The summed E-state index contributed by atoms with van der Waals surface area (Å²) in [5.74, 6) is -0.288. The van der Waals surface area contributed by atoms with Gasteiger partial charge in [-0.1, -0.05) is 52.3 Å². The van der Waals surface area contributed by atoms with Gasteiger partial charge in [0.05, 0.1) is 17.7 Å². The van der Waals surface area contributed by atoms with E-state index in [0.29, 0.717) is 5.56 Å². The van der Waals surface area contributed by atoms with Gasteiger partial charge in [-0.15, -0.1) is 0 Å². The van der Waals surface area contributed by atoms with Gasteiger partial charge in [-0.05, 0) is 30.7 Å². The number of carbonyl (C=O) groups excluding carboxylic acids is 1. The molecule has 0 aliphatic carbocycles. The topological polar surface area (TPSA) is 61.4 Å². The Morgan fingerprint density at radius 2 is 1.90 bits per heavy atom. The molecular formula is C16H17BrN2O2. The fourth-order valence-corrected chi connectivity index (χ4v) is 2.36. The summed E-state index contributed by atoms with van der Waals surface area (Å²) in [5.41, 5.74) is 5.67. The van der Waals surface area contributed by atoms with Crippen molar-refractivity contribution in [2.75, 3.05) is 5.43 Å². The fourth-order valence-electron chi connectivity index (χ4n) is 1.96. The van der Waals surface area contributed by atoms with Gasteiger partial charge < -0.3 is 5.11 Å². The Morgan fingerprint density at radius 3 is 2.57 bits per heavy atom. The van der Waals surface area contributed by atoms with Crippen molar-refractivity contribution < 1.29 is 9.90 Å². The summed E-state index contributed by atoms with van der Waals surface area (Å²) in [4.78, 5) is 11.9. The monoisotopic (exact) mass is 348 g/mol. The van der Waals surface area contributed by atoms with E-state index in [-0.39, 0.29) is 12.3 Å². The summed E-state index contributed by atoms with van der Waals surface area (Å²) in [7, 11) is 0. The summed E-state index contributed by atoms with van der Waals surface area (Å²) in [6, 6.07) is 16.6. The molecule has 0 heterocycles. The van der Waals surface area contributed by atoms with E-state index in [2.05, 4.69) is 26.8 Å². The highest BCUT2D eigenvalue weighted by Gasteiger charge is 2.26. The molecule has 0 aliphatic heterocycles. The third-order valence-electron chi connectivity index (χ3n) is 3.07. The zero-order chi connectivity index (χ0) is 15.3. The molecule has 0 spiro atoms. The molecule has 1 atom stereocenters. The summed E-state index contributed by atoms with van der Waals surface area (Å²) in [6.45, 7) is 1.63. The van der Waals surface area contributed by atoms with Crippen molar-refractivity contribution in [1.29, 1.82) is 0 Å². The summed E-state index contributed by atoms with van der Waals surface area (Å²) < 4.78 is 0.915. The molecule has 0 saturated carbocycles. The lowest BCUT2D eigenvalue weighted by Gasteiger charge is -2.23. The standard InChI is InChI=1S/C16H17BrN2O2/c1-16(21,12-6-3-2-4-7-12)11-15(20)19-18-14-9-5-8-13(17)10-14/h2-10,18,21H,11H2,1H3,(H,19,20). The quantitative estimate of drug-likeness (QED) is 0.727. The number of halogens is 1. The van der Waals surface area contributed by atoms with Gasteiger partial charge in [0.2, 0.25) is 5.91 Å². The first-order valence-corrected chi connectivity index (χ1v) is 7.35. The zero-order valence-corrected chi connectivity index (χ0v) is 13.2. The largest absolute Gasteiger partial charge is 0.385 e. The molecule has 2 aromatic carbocycles. The average molecular weight is 349 g/mol. The smallest absolute Gasteiger partial charge is 0.241 e. The van der Waals surface area contributed by atoms with E-state index in [1.54, 1.807) is 19.1 Å². The van der Waals surface area contributed by atoms with E-state index in [1.807, 2.05) is 42.5 Å². The number of hydrazine groups is 1. The van der Waals surface area contributed by atoms with Crippen molar-refractivity contribution in [3.8, 4) is 0 Å². The number of rotatable bonds is 5. The lowest BCUT2D eigenvalue weighted by atomic mass is 9.92. The maximum Gasteiger partial charge on any atom is 0.241 e. The number of hydrogen-bond acceptors (Lipinski definition) is 3. The van der Waals surface area contributed by atoms with Gasteiger partial charge in [0, 0.05) is 4.47 Å². The van der Waals surface area contributed by atoms with Gasteiger partial charge in [-0.2, -0.15) is 0 Å². The van der Waals surface area contributed by atoms with Crippen molar-refractivity contribution in [3.63, 3.8) is 0 Å². The fraction of sp³-hybridized carbons (Fsp3) is 0.188. The number of carbonyl (C=O) groups is 1. The summed E-state index contributed by atoms with van der Waals surface area (Å²) >= 11 is 3.36. The lowest BCUT2D eigenvalue weighted by Crippen LogP contribution is -2.35. The van der Waals surface area contributed by atoms with Crippen LogP contribution in [-0.2, 0) is 10.4 Å². The van der Waals surface area contributed by atoms with Crippen LogP contribution in [0.15, 0.2) is 59.1 Å². The molecule has 0 aromatic heterocycles. The zero-order valence-electron chi connectivity index (χ0n) is 11.6. The van der Waals surface area contributed by atoms with Crippen LogP contribution in [0.1, 0.15) is 18.9 Å². The van der Waals surface area contributed by atoms with Gasteiger partial charge >= 0.3 is 0 Å². The van der Waals surface area contributed by atoms with Gasteiger partial charge in [0.25, 0.3) is 0 Å². The van der Waals surface area contributed by atoms with E-state index in [0.717, 1.165) is 10.2 Å². The second-order valence-corrected chi connectivity index (χ2v) is 5.92. The summed E-state index contributed by atoms with van der Waals surface area (Å²) in [6.07, 6.45) is -0.0297. The van der Waals surface area contributed by atoms with E-state index < -0.39 is 5.60 Å². The third-order valence-corrected chi connectivity index (χ3v) is 3.56. The van der Waals surface area contributed by atoms with E-state index in [4.69, 9.17) is 0 Å². The van der Waals surface area contributed by atoms with Crippen molar-refractivity contribution >= 4 is 27.5 Å². The van der Waals surface area contributed by atoms with Crippen LogP contribution < -0.4 is 10.9 Å². The predicted molar refractivity (Wildman–Crippen MR) is 86.5 cm³/mol. The minimum atomic E-state index is -1.20. The minimum Gasteiger partial charge on any atom is -0.385 e. The Bertz CT molecular complexity index is 615. The van der Waals surface area contributed by atoms with Gasteiger partial charge in [-0.25, -0.2) is 0 Å². The molecule has 2 rings (SSSR count). The van der Waals surface area contributed by atoms with Crippen molar-refractivity contribution in [2.24, 2.45) is 0 Å². The van der Waals surface area contributed by atoms with Crippen LogP contribution in [0.2, 0.25) is 0 Å². The highest BCUT2D eigenvalue weighted by molar-refractivity contribution is 9.10. The average Bonchev–Trinajstić information content (AvgIpc) is 2.46. The van der Waals surface area contributed by atoms with Crippen LogP contribution >= 0.6 is 15.9 Å². The molecule has 21 heavy (non-hydrogen) atoms. The van der Waals surface area contributed by atoms with E-state index in [1.165, 1.54) is 0 Å². The molecule has 5 heteroatoms. The molecule has 2 aromatic rings. The molecule has 110 valence electrons. The van der Waals surface area contributed by atoms with Gasteiger partial charge in [0.15, 0.2) is 0 Å². The van der Waals surface area contributed by atoms with Crippen LogP contribution in [-0.4, -0.2) is 11.0 Å². The Labute approximate surface area is 132 Å². The van der Waals surface area contributed by atoms with E-state index in [9.17, 15) is 9.90 Å². The van der Waals surface area contributed by atoms with Crippen LogP contribution in [0.5, 0.6) is 0 Å². The highest BCUT2D eigenvalue weighted by atomic mass is 79.9. The van der Waals surface area contributed by atoms with Crippen LogP contribution in [0.25, 0.3) is 0 Å². The molecule has 0 saturated heterocycles. The summed E-state index contributed by atoms with van der Waals surface area (Å²) in [5, 5.41) is 10.4. The number of benzene rings is 2. The molecule has 1 amide bonds. The third kappa shape index (κ3) is 4.58. The van der Waals surface area contributed by atoms with E-state index >= 15 is 0 Å². The molecule has 0 bridgehead atoms. The number of anilines is 1. The van der Waals surface area contributed by atoms with Crippen molar-refractivity contribution in [1.82, 2.24) is 5.43 Å². The first-order valence-electron chi connectivity index (χ1n) is 6.56. The lowest BCUT2D eigenvalue weighted by molar-refractivity contribution is -0.125. The van der Waals surface area contributed by atoms with Crippen molar-refractivity contribution in [3.05, 3.63) is 64.6 Å². The Morgan fingerprint density at radius 1 is 1.19 bits per heavy atom. The predicted octanol–water partition coefficient (Wildman–Crippen LogP) is 3.19. The number of hydrogen-bond donors (Lipinski definition) is 3. The van der Waals surface area contributed by atoms with Gasteiger partial charge in [0.1, 0.15) is 0 Å². The molecule has 1 unspecified atom stereocenters. The number of aliphatic hydroxyl groups is 1. The highest BCUT2D eigenvalue weighted by Crippen LogP contribution is 2.24. The first-order chi connectivity index (χ1) is 9.97. The molecule has 3 N–H and O–H groups in total. The number of amides is 1. The SMILES string of the molecule is CC(O)(CC(=O)NNc1cccc(Br)c1)c1ccccc1. The van der Waals surface area contributed by atoms with Crippen LogP contribution in [0.4, 0.5) is 5.69 Å². The Balaban J connectivity index is 1.92. The van der Waals surface area contributed by atoms with Crippen LogP contribution in [0, 0.1) is 0 Å². The molecule has 0 aliphatic rings. The first kappa shape index (κ1) is 15.5. The molecule has 4 nitrogen and oxygen atoms in total. The molecule has 0 radical (unpaired) electrons. The molecular weight excluding hydrogens is 332 g/mol. The number of nitrogens with one attached hydrogen (secondary N) is 2. The van der Waals surface area contributed by atoms with Crippen LogP contribution in [0.3, 0.4) is 0 Å². The maximum absolute atomic E-state index is 11.9. The second kappa shape index (κ2) is 6.74. The maximum atomic E-state index is 11.9. The minimum absolute atomic E-state index is 0.0297. The Kier molecular flexibility index (Phi) is 4.98. The van der Waals surface area contributed by atoms with Gasteiger partial charge in [-0.3, -0.25) is 15.6 Å². The normalized spacial score (nSPS) is 13.3. The van der Waals surface area contributed by atoms with Crippen molar-refractivity contribution in [2.45, 2.75) is 18.9 Å². The Hall–Kier alpha value is -1.85. The second-order valence-electron chi connectivity index (χ2n) is 5.00. The molecule has 0 fully saturated rings.